The SMILES string of the molecule is CC(C)N(C)C(=O)c1cc(F)ccc1-n1cc(C[C@@H]2CCN(C(O)OC(C)(C)C)C2)c2c(Cl)cncc21. The highest BCUT2D eigenvalue weighted by atomic mass is 35.5. The van der Waals surface area contributed by atoms with Gasteiger partial charge in [0.2, 0.25) is 6.41 Å². The van der Waals surface area contributed by atoms with E-state index in [0.29, 0.717) is 17.3 Å². The lowest BCUT2D eigenvalue weighted by Gasteiger charge is -2.29. The average molecular weight is 531 g/mol. The molecule has 1 aromatic carbocycles. The molecule has 7 nitrogen and oxygen atoms in total. The molecule has 1 aliphatic rings. The lowest BCUT2D eigenvalue weighted by Crippen LogP contribution is -2.40. The summed E-state index contributed by atoms with van der Waals surface area (Å²) in [6.07, 6.45) is 5.98. The van der Waals surface area contributed by atoms with Crippen molar-refractivity contribution in [1.82, 2.24) is 19.4 Å². The minimum Gasteiger partial charge on any atom is -0.356 e. The van der Waals surface area contributed by atoms with Crippen LogP contribution in [0, 0.1) is 11.7 Å². The molecule has 9 heteroatoms. The molecule has 0 aliphatic carbocycles. The maximum absolute atomic E-state index is 14.3. The lowest BCUT2D eigenvalue weighted by molar-refractivity contribution is -0.234. The fraction of sp³-hybridized carbons (Fsp3) is 0.500. The number of aromatic nitrogens is 2. The first-order valence-corrected chi connectivity index (χ1v) is 13.0. The number of likely N-dealkylation sites (tertiary alicyclic amines) is 1. The summed E-state index contributed by atoms with van der Waals surface area (Å²) in [5, 5.41) is 11.9. The van der Waals surface area contributed by atoms with E-state index < -0.39 is 17.8 Å². The van der Waals surface area contributed by atoms with E-state index in [9.17, 15) is 14.3 Å². The number of nitrogens with zero attached hydrogens (tertiary/aromatic N) is 4. The third-order valence-electron chi connectivity index (χ3n) is 6.89. The number of aliphatic hydroxyl groups is 1. The maximum atomic E-state index is 14.3. The first-order valence-electron chi connectivity index (χ1n) is 12.7. The molecule has 1 aliphatic heterocycles. The van der Waals surface area contributed by atoms with E-state index >= 15 is 0 Å². The summed E-state index contributed by atoms with van der Waals surface area (Å²) in [5.41, 5.74) is 2.16. The highest BCUT2D eigenvalue weighted by molar-refractivity contribution is 6.35. The molecule has 1 N–H and O–H groups in total. The predicted octanol–water partition coefficient (Wildman–Crippen LogP) is 5.25. The van der Waals surface area contributed by atoms with Gasteiger partial charge in [-0.05, 0) is 77.1 Å². The van der Waals surface area contributed by atoms with Crippen molar-refractivity contribution in [3.8, 4) is 5.69 Å². The first kappa shape index (κ1) is 27.5. The smallest absolute Gasteiger partial charge is 0.256 e. The van der Waals surface area contributed by atoms with Gasteiger partial charge in [0.25, 0.3) is 5.91 Å². The van der Waals surface area contributed by atoms with Crippen molar-refractivity contribution in [1.29, 1.82) is 0 Å². The number of fused-ring (bicyclic) bond motifs is 1. The predicted molar refractivity (Wildman–Crippen MR) is 143 cm³/mol. The Labute approximate surface area is 222 Å². The van der Waals surface area contributed by atoms with Crippen LogP contribution in [0.15, 0.2) is 36.8 Å². The molecule has 0 radical (unpaired) electrons. The van der Waals surface area contributed by atoms with Crippen molar-refractivity contribution in [2.24, 2.45) is 5.92 Å². The molecule has 0 spiro atoms. The quantitative estimate of drug-likeness (QED) is 0.422. The van der Waals surface area contributed by atoms with E-state index in [-0.39, 0.29) is 23.4 Å². The molecule has 0 saturated carbocycles. The van der Waals surface area contributed by atoms with Crippen LogP contribution in [0.4, 0.5) is 4.39 Å². The van der Waals surface area contributed by atoms with Crippen molar-refractivity contribution < 1.29 is 19.0 Å². The van der Waals surface area contributed by atoms with Crippen LogP contribution in [-0.2, 0) is 11.2 Å². The molecule has 1 fully saturated rings. The van der Waals surface area contributed by atoms with Gasteiger partial charge in [-0.25, -0.2) is 4.39 Å². The van der Waals surface area contributed by atoms with Crippen LogP contribution in [0.3, 0.4) is 0 Å². The Balaban J connectivity index is 1.70. The zero-order valence-corrected chi connectivity index (χ0v) is 23.1. The van der Waals surface area contributed by atoms with Gasteiger partial charge < -0.3 is 19.3 Å². The fourth-order valence-corrected chi connectivity index (χ4v) is 5.09. The average Bonchev–Trinajstić information content (AvgIpc) is 3.43. The molecule has 2 aromatic heterocycles. The number of amides is 1. The van der Waals surface area contributed by atoms with Crippen molar-refractivity contribution in [2.75, 3.05) is 20.1 Å². The zero-order chi connectivity index (χ0) is 27.1. The molecule has 4 rings (SSSR count). The van der Waals surface area contributed by atoms with Gasteiger partial charge in [0.1, 0.15) is 5.82 Å². The molecular weight excluding hydrogens is 495 g/mol. The Hall–Kier alpha value is -2.52. The van der Waals surface area contributed by atoms with Gasteiger partial charge in [0, 0.05) is 44.0 Å². The van der Waals surface area contributed by atoms with Gasteiger partial charge in [-0.15, -0.1) is 0 Å². The van der Waals surface area contributed by atoms with Crippen LogP contribution < -0.4 is 0 Å². The first-order chi connectivity index (χ1) is 17.4. The van der Waals surface area contributed by atoms with E-state index in [1.807, 2.05) is 50.3 Å². The standard InChI is InChI=1S/C28H36ClFN4O3/c1-17(2)32(6)26(35)21-12-20(30)7-8-23(21)34-16-19(25-22(29)13-31-14-24(25)34)11-18-9-10-33(15-18)27(36)37-28(3,4)5/h7-8,12-14,16-18,27,36H,9-11,15H2,1-6H3/t18-,27?/m0/s1. The minimum absolute atomic E-state index is 0.0420. The maximum Gasteiger partial charge on any atom is 0.256 e. The third kappa shape index (κ3) is 5.98. The molecule has 3 heterocycles. The van der Waals surface area contributed by atoms with Crippen LogP contribution >= 0.6 is 11.6 Å². The molecule has 200 valence electrons. The van der Waals surface area contributed by atoms with Gasteiger partial charge in [0.15, 0.2) is 0 Å². The van der Waals surface area contributed by atoms with Crippen molar-refractivity contribution in [3.05, 3.63) is 58.8 Å². The summed E-state index contributed by atoms with van der Waals surface area (Å²) in [5.74, 6) is -0.454. The number of benzene rings is 1. The van der Waals surface area contributed by atoms with Gasteiger partial charge in [-0.1, -0.05) is 11.6 Å². The number of ether oxygens (including phenoxy) is 1. The highest BCUT2D eigenvalue weighted by Crippen LogP contribution is 2.34. The van der Waals surface area contributed by atoms with E-state index in [1.165, 1.54) is 12.1 Å². The molecule has 37 heavy (non-hydrogen) atoms. The van der Waals surface area contributed by atoms with Crippen molar-refractivity contribution in [2.45, 2.75) is 65.5 Å². The van der Waals surface area contributed by atoms with E-state index in [2.05, 4.69) is 4.98 Å². The number of pyridine rings is 1. The van der Waals surface area contributed by atoms with E-state index in [1.54, 1.807) is 30.4 Å². The summed E-state index contributed by atoms with van der Waals surface area (Å²) >= 11 is 6.64. The number of hydrogen-bond acceptors (Lipinski definition) is 5. The van der Waals surface area contributed by atoms with Crippen LogP contribution in [0.5, 0.6) is 0 Å². The lowest BCUT2D eigenvalue weighted by atomic mass is 9.99. The molecule has 0 bridgehead atoms. The number of halogens is 2. The highest BCUT2D eigenvalue weighted by Gasteiger charge is 2.31. The number of carbonyl (C=O) groups excluding carboxylic acids is 1. The molecular formula is C28H36ClFN4O3. The Kier molecular flexibility index (Phi) is 7.95. The summed E-state index contributed by atoms with van der Waals surface area (Å²) in [6.45, 7) is 11.0. The number of hydrogen-bond donors (Lipinski definition) is 1. The largest absolute Gasteiger partial charge is 0.356 e. The second kappa shape index (κ2) is 10.7. The van der Waals surface area contributed by atoms with Crippen LogP contribution in [0.1, 0.15) is 57.0 Å². The number of carbonyl (C=O) groups is 1. The topological polar surface area (TPSA) is 70.8 Å². The normalized spacial score (nSPS) is 17.6. The van der Waals surface area contributed by atoms with Gasteiger partial charge in [0.05, 0.1) is 33.6 Å². The molecule has 1 saturated heterocycles. The van der Waals surface area contributed by atoms with E-state index in [0.717, 1.165) is 35.9 Å². The van der Waals surface area contributed by atoms with E-state index in [4.69, 9.17) is 16.3 Å². The van der Waals surface area contributed by atoms with Crippen LogP contribution in [0.25, 0.3) is 16.6 Å². The molecule has 1 amide bonds. The third-order valence-corrected chi connectivity index (χ3v) is 7.17. The summed E-state index contributed by atoms with van der Waals surface area (Å²) in [7, 11) is 1.71. The Morgan fingerprint density at radius 2 is 2.05 bits per heavy atom. The zero-order valence-electron chi connectivity index (χ0n) is 22.3. The van der Waals surface area contributed by atoms with Gasteiger partial charge in [-0.3, -0.25) is 14.7 Å². The van der Waals surface area contributed by atoms with Crippen LogP contribution in [-0.4, -0.2) is 68.6 Å². The van der Waals surface area contributed by atoms with Gasteiger partial charge >= 0.3 is 0 Å². The summed E-state index contributed by atoms with van der Waals surface area (Å²) < 4.78 is 21.9. The number of rotatable bonds is 7. The minimum atomic E-state index is -0.954. The second-order valence-corrected chi connectivity index (χ2v) is 11.5. The number of aliphatic hydroxyl groups excluding tert-OH is 1. The van der Waals surface area contributed by atoms with Crippen molar-refractivity contribution in [3.63, 3.8) is 0 Å². The summed E-state index contributed by atoms with van der Waals surface area (Å²) in [4.78, 5) is 21.1. The Bertz CT molecular complexity index is 1290. The Morgan fingerprint density at radius 1 is 1.32 bits per heavy atom. The summed E-state index contributed by atoms with van der Waals surface area (Å²) in [6, 6.07) is 4.22. The second-order valence-electron chi connectivity index (χ2n) is 11.1. The van der Waals surface area contributed by atoms with Gasteiger partial charge in [-0.2, -0.15) is 0 Å². The molecule has 2 atom stereocenters. The van der Waals surface area contributed by atoms with Crippen LogP contribution in [0.2, 0.25) is 5.02 Å². The fourth-order valence-electron chi connectivity index (χ4n) is 4.82. The molecule has 3 aromatic rings. The molecule has 1 unspecified atom stereocenters. The monoisotopic (exact) mass is 530 g/mol. The van der Waals surface area contributed by atoms with Crippen molar-refractivity contribution >= 4 is 28.4 Å². The Morgan fingerprint density at radius 3 is 2.73 bits per heavy atom.